The third-order valence-corrected chi connectivity index (χ3v) is 5.23. The van der Waals surface area contributed by atoms with Crippen LogP contribution in [0.5, 0.6) is 0 Å². The SMILES string of the molecule is CCNC(=NCC1(CCOC)CCCC1)NCCCC(=O)NC1CC1. The van der Waals surface area contributed by atoms with Crippen LogP contribution >= 0.6 is 0 Å². The number of aliphatic imine (C=N–C) groups is 1. The predicted molar refractivity (Wildman–Crippen MR) is 102 cm³/mol. The van der Waals surface area contributed by atoms with Gasteiger partial charge in [0.05, 0.1) is 0 Å². The van der Waals surface area contributed by atoms with Gasteiger partial charge in [0.2, 0.25) is 5.91 Å². The highest BCUT2D eigenvalue weighted by atomic mass is 16.5. The summed E-state index contributed by atoms with van der Waals surface area (Å²) in [7, 11) is 1.77. The Balaban J connectivity index is 1.73. The lowest BCUT2D eigenvalue weighted by Crippen LogP contribution is -2.39. The van der Waals surface area contributed by atoms with Crippen LogP contribution in [0.15, 0.2) is 4.99 Å². The van der Waals surface area contributed by atoms with Crippen molar-refractivity contribution in [3.8, 4) is 0 Å². The third-order valence-electron chi connectivity index (χ3n) is 5.23. The highest BCUT2D eigenvalue weighted by Gasteiger charge is 2.33. The van der Waals surface area contributed by atoms with Crippen LogP contribution in [0.2, 0.25) is 0 Å². The second kappa shape index (κ2) is 10.6. The number of hydrogen-bond donors (Lipinski definition) is 3. The van der Waals surface area contributed by atoms with Crippen molar-refractivity contribution >= 4 is 11.9 Å². The Kier molecular flexibility index (Phi) is 8.52. The normalized spacial score (nSPS) is 19.7. The summed E-state index contributed by atoms with van der Waals surface area (Å²) in [5.74, 6) is 1.05. The molecule has 2 fully saturated rings. The van der Waals surface area contributed by atoms with Crippen molar-refractivity contribution in [2.24, 2.45) is 10.4 Å². The van der Waals surface area contributed by atoms with Gasteiger partial charge < -0.3 is 20.7 Å². The molecule has 0 aliphatic heterocycles. The second-order valence-corrected chi connectivity index (χ2v) is 7.52. The average molecular weight is 353 g/mol. The zero-order valence-corrected chi connectivity index (χ0v) is 16.0. The Bertz CT molecular complexity index is 429. The fourth-order valence-corrected chi connectivity index (χ4v) is 3.50. The largest absolute Gasteiger partial charge is 0.385 e. The van der Waals surface area contributed by atoms with E-state index in [-0.39, 0.29) is 5.91 Å². The minimum absolute atomic E-state index is 0.177. The number of nitrogens with one attached hydrogen (secondary N) is 3. The summed E-state index contributed by atoms with van der Waals surface area (Å²) in [4.78, 5) is 16.5. The number of amides is 1. The summed E-state index contributed by atoms with van der Waals surface area (Å²) in [6.45, 7) is 5.37. The van der Waals surface area contributed by atoms with Crippen LogP contribution in [0.25, 0.3) is 0 Å². The van der Waals surface area contributed by atoms with E-state index < -0.39 is 0 Å². The van der Waals surface area contributed by atoms with Gasteiger partial charge in [-0.1, -0.05) is 12.8 Å². The molecular formula is C19H36N4O2. The van der Waals surface area contributed by atoms with Crippen molar-refractivity contribution in [3.05, 3.63) is 0 Å². The zero-order chi connectivity index (χ0) is 18.0. The van der Waals surface area contributed by atoms with E-state index in [0.29, 0.717) is 17.9 Å². The molecule has 25 heavy (non-hydrogen) atoms. The van der Waals surface area contributed by atoms with Crippen LogP contribution in [0.4, 0.5) is 0 Å². The van der Waals surface area contributed by atoms with Gasteiger partial charge >= 0.3 is 0 Å². The lowest BCUT2D eigenvalue weighted by atomic mass is 9.83. The first-order valence-electron chi connectivity index (χ1n) is 9.98. The molecule has 6 heteroatoms. The molecule has 0 spiro atoms. The Morgan fingerprint density at radius 2 is 2.00 bits per heavy atom. The van der Waals surface area contributed by atoms with Gasteiger partial charge in [-0.15, -0.1) is 0 Å². The van der Waals surface area contributed by atoms with E-state index >= 15 is 0 Å². The summed E-state index contributed by atoms with van der Waals surface area (Å²) in [5.41, 5.74) is 0.308. The van der Waals surface area contributed by atoms with Gasteiger partial charge in [0.25, 0.3) is 0 Å². The first-order valence-corrected chi connectivity index (χ1v) is 9.98. The van der Waals surface area contributed by atoms with E-state index in [9.17, 15) is 4.79 Å². The monoisotopic (exact) mass is 352 g/mol. The molecule has 0 unspecified atom stereocenters. The molecule has 0 aromatic heterocycles. The number of hydrogen-bond acceptors (Lipinski definition) is 3. The molecule has 2 saturated carbocycles. The summed E-state index contributed by atoms with van der Waals surface area (Å²) in [6, 6.07) is 0.453. The van der Waals surface area contributed by atoms with Gasteiger partial charge in [-0.3, -0.25) is 9.79 Å². The predicted octanol–water partition coefficient (Wildman–Crippen LogP) is 2.20. The van der Waals surface area contributed by atoms with Crippen LogP contribution in [-0.4, -0.2) is 51.3 Å². The minimum Gasteiger partial charge on any atom is -0.385 e. The Labute approximate surface area is 152 Å². The van der Waals surface area contributed by atoms with Crippen LogP contribution in [0, 0.1) is 5.41 Å². The molecule has 0 aromatic rings. The molecular weight excluding hydrogens is 316 g/mol. The van der Waals surface area contributed by atoms with Crippen molar-refractivity contribution < 1.29 is 9.53 Å². The van der Waals surface area contributed by atoms with Gasteiger partial charge in [-0.2, -0.15) is 0 Å². The number of methoxy groups -OCH3 is 1. The third kappa shape index (κ3) is 7.63. The fraction of sp³-hybridized carbons (Fsp3) is 0.895. The number of carbonyl (C=O) groups is 1. The molecule has 0 atom stereocenters. The number of nitrogens with zero attached hydrogens (tertiary/aromatic N) is 1. The van der Waals surface area contributed by atoms with Gasteiger partial charge in [0, 0.05) is 45.8 Å². The number of rotatable bonds is 11. The van der Waals surface area contributed by atoms with Crippen molar-refractivity contribution in [2.45, 2.75) is 70.8 Å². The summed E-state index contributed by atoms with van der Waals surface area (Å²) in [5, 5.41) is 9.72. The zero-order valence-electron chi connectivity index (χ0n) is 16.0. The molecule has 2 aliphatic carbocycles. The molecule has 3 N–H and O–H groups in total. The summed E-state index contributed by atoms with van der Waals surface area (Å²) in [6.07, 6.45) is 9.91. The van der Waals surface area contributed by atoms with Crippen molar-refractivity contribution in [3.63, 3.8) is 0 Å². The molecule has 0 bridgehead atoms. The first-order chi connectivity index (χ1) is 12.2. The van der Waals surface area contributed by atoms with Gasteiger partial charge in [0.15, 0.2) is 5.96 Å². The van der Waals surface area contributed by atoms with Crippen LogP contribution in [0.1, 0.15) is 64.7 Å². The minimum atomic E-state index is 0.177. The highest BCUT2D eigenvalue weighted by molar-refractivity contribution is 5.80. The molecule has 0 saturated heterocycles. The van der Waals surface area contributed by atoms with Crippen molar-refractivity contribution in [1.82, 2.24) is 16.0 Å². The molecule has 1 amide bonds. The highest BCUT2D eigenvalue weighted by Crippen LogP contribution is 2.41. The van der Waals surface area contributed by atoms with Gasteiger partial charge in [0.1, 0.15) is 0 Å². The quantitative estimate of drug-likeness (QED) is 0.303. The number of guanidine groups is 1. The lowest BCUT2D eigenvalue weighted by Gasteiger charge is -2.27. The molecule has 0 aromatic carbocycles. The number of ether oxygens (including phenoxy) is 1. The van der Waals surface area contributed by atoms with Crippen molar-refractivity contribution in [2.75, 3.05) is 33.4 Å². The van der Waals surface area contributed by atoms with Crippen LogP contribution in [-0.2, 0) is 9.53 Å². The molecule has 6 nitrogen and oxygen atoms in total. The fourth-order valence-electron chi connectivity index (χ4n) is 3.50. The van der Waals surface area contributed by atoms with Gasteiger partial charge in [-0.05, 0) is 50.9 Å². The van der Waals surface area contributed by atoms with Gasteiger partial charge in [-0.25, -0.2) is 0 Å². The lowest BCUT2D eigenvalue weighted by molar-refractivity contribution is -0.121. The van der Waals surface area contributed by atoms with E-state index in [2.05, 4.69) is 22.9 Å². The molecule has 0 radical (unpaired) electrons. The van der Waals surface area contributed by atoms with E-state index in [1.807, 2.05) is 0 Å². The number of carbonyl (C=O) groups excluding carboxylic acids is 1. The topological polar surface area (TPSA) is 74.8 Å². The van der Waals surface area contributed by atoms with Crippen LogP contribution < -0.4 is 16.0 Å². The molecule has 2 aliphatic rings. The first kappa shape index (κ1) is 20.0. The average Bonchev–Trinajstić information content (AvgIpc) is 3.29. The Morgan fingerprint density at radius 1 is 1.24 bits per heavy atom. The van der Waals surface area contributed by atoms with E-state index in [1.54, 1.807) is 7.11 Å². The smallest absolute Gasteiger partial charge is 0.220 e. The Hall–Kier alpha value is -1.30. The van der Waals surface area contributed by atoms with Crippen molar-refractivity contribution in [1.29, 1.82) is 0 Å². The second-order valence-electron chi connectivity index (χ2n) is 7.52. The molecule has 144 valence electrons. The van der Waals surface area contributed by atoms with E-state index in [1.165, 1.54) is 25.7 Å². The maximum Gasteiger partial charge on any atom is 0.220 e. The molecule has 0 heterocycles. The molecule has 2 rings (SSSR count). The summed E-state index contributed by atoms with van der Waals surface area (Å²) >= 11 is 0. The van der Waals surface area contributed by atoms with E-state index in [0.717, 1.165) is 57.9 Å². The Morgan fingerprint density at radius 3 is 2.64 bits per heavy atom. The van der Waals surface area contributed by atoms with E-state index in [4.69, 9.17) is 9.73 Å². The van der Waals surface area contributed by atoms with Crippen LogP contribution in [0.3, 0.4) is 0 Å². The summed E-state index contributed by atoms with van der Waals surface area (Å²) < 4.78 is 5.30. The maximum absolute atomic E-state index is 11.7. The standard InChI is InChI=1S/C19H36N4O2/c1-3-20-18(21-13-6-7-17(24)23-16-8-9-16)22-15-19(12-14-25-2)10-4-5-11-19/h16H,3-15H2,1-2H3,(H,23,24)(H2,20,21,22). The maximum atomic E-state index is 11.7.